The van der Waals surface area contributed by atoms with E-state index in [-0.39, 0.29) is 54.4 Å². The summed E-state index contributed by atoms with van der Waals surface area (Å²) in [5.74, 6) is -4.90. The number of amides is 3. The Bertz CT molecular complexity index is 1240. The lowest BCUT2D eigenvalue weighted by Crippen LogP contribution is -2.47. The Labute approximate surface area is 216 Å². The van der Waals surface area contributed by atoms with E-state index in [1.54, 1.807) is 0 Å². The fourth-order valence-corrected chi connectivity index (χ4v) is 5.38. The standard InChI is InChI=1S/C26H29F3N4O5/c27-18-8-14(9-19(28)23(18)29)11-33-6-1-2-17(25(33)35)24(34)30-22(15-5-7-37-12-15)13-38-16-3-4-20-21(10-16)32-26(36)31-20/h1-2,6,8-9,15-16,20-22H,3-5,7,10-13H2,(H,30,34)(H2,31,32,36)/t15?,16?,20?,21?,22-/m1/s1. The molecule has 12 heteroatoms. The van der Waals surface area contributed by atoms with E-state index in [9.17, 15) is 27.6 Å². The molecule has 0 bridgehead atoms. The predicted octanol–water partition coefficient (Wildman–Crippen LogP) is 2.07. The highest BCUT2D eigenvalue weighted by atomic mass is 19.2. The predicted molar refractivity (Wildman–Crippen MR) is 129 cm³/mol. The Kier molecular flexibility index (Phi) is 7.70. The van der Waals surface area contributed by atoms with Crippen LogP contribution in [0.25, 0.3) is 0 Å². The zero-order valence-corrected chi connectivity index (χ0v) is 20.6. The van der Waals surface area contributed by atoms with Crippen LogP contribution in [0.4, 0.5) is 18.0 Å². The number of fused-ring (bicyclic) bond motifs is 1. The van der Waals surface area contributed by atoms with Gasteiger partial charge in [-0.15, -0.1) is 0 Å². The first-order valence-electron chi connectivity index (χ1n) is 12.7. The van der Waals surface area contributed by atoms with Crippen LogP contribution in [-0.2, 0) is 16.0 Å². The van der Waals surface area contributed by atoms with Crippen LogP contribution in [0.15, 0.2) is 35.3 Å². The lowest BCUT2D eigenvalue weighted by molar-refractivity contribution is -0.00133. The van der Waals surface area contributed by atoms with Gasteiger partial charge in [0.05, 0.1) is 44.0 Å². The van der Waals surface area contributed by atoms with Crippen molar-refractivity contribution < 1.29 is 32.2 Å². The summed E-state index contributed by atoms with van der Waals surface area (Å²) in [6.45, 7) is 0.986. The fraction of sp³-hybridized carbons (Fsp3) is 0.500. The molecule has 2 aliphatic heterocycles. The number of carbonyl (C=O) groups excluding carboxylic acids is 2. The van der Waals surface area contributed by atoms with Gasteiger partial charge in [0.1, 0.15) is 5.56 Å². The smallest absolute Gasteiger partial charge is 0.315 e. The van der Waals surface area contributed by atoms with Crippen LogP contribution >= 0.6 is 0 Å². The maximum absolute atomic E-state index is 13.6. The van der Waals surface area contributed by atoms with E-state index in [0.29, 0.717) is 19.6 Å². The average Bonchev–Trinajstić information content (AvgIpc) is 3.55. The van der Waals surface area contributed by atoms with Crippen molar-refractivity contribution in [2.45, 2.75) is 56.5 Å². The number of benzene rings is 1. The van der Waals surface area contributed by atoms with Gasteiger partial charge >= 0.3 is 6.03 Å². The number of pyridine rings is 1. The second kappa shape index (κ2) is 11.2. The number of ether oxygens (including phenoxy) is 2. The van der Waals surface area contributed by atoms with Crippen LogP contribution < -0.4 is 21.5 Å². The molecule has 0 spiro atoms. The zero-order chi connectivity index (χ0) is 26.8. The van der Waals surface area contributed by atoms with Crippen LogP contribution in [-0.4, -0.2) is 60.6 Å². The summed E-state index contributed by atoms with van der Waals surface area (Å²) in [4.78, 5) is 37.8. The minimum atomic E-state index is -1.59. The quantitative estimate of drug-likeness (QED) is 0.449. The molecule has 2 aromatic rings. The number of aromatic nitrogens is 1. The third-order valence-electron chi connectivity index (χ3n) is 7.46. The number of nitrogens with zero attached hydrogens (tertiary/aromatic N) is 1. The van der Waals surface area contributed by atoms with Crippen LogP contribution in [0.5, 0.6) is 0 Å². The molecule has 0 radical (unpaired) electrons. The minimum Gasteiger partial charge on any atom is -0.381 e. The molecule has 1 aromatic carbocycles. The van der Waals surface area contributed by atoms with Gasteiger partial charge in [-0.3, -0.25) is 9.59 Å². The van der Waals surface area contributed by atoms with E-state index in [1.165, 1.54) is 18.3 Å². The van der Waals surface area contributed by atoms with Gasteiger partial charge < -0.3 is 30.0 Å². The van der Waals surface area contributed by atoms with Crippen molar-refractivity contribution in [2.24, 2.45) is 5.92 Å². The molecular weight excluding hydrogens is 505 g/mol. The van der Waals surface area contributed by atoms with E-state index in [0.717, 1.165) is 36.0 Å². The van der Waals surface area contributed by atoms with Crippen LogP contribution in [0.1, 0.15) is 41.6 Å². The molecule has 3 fully saturated rings. The van der Waals surface area contributed by atoms with E-state index < -0.39 is 35.0 Å². The van der Waals surface area contributed by atoms with E-state index >= 15 is 0 Å². The van der Waals surface area contributed by atoms with Gasteiger partial charge in [0, 0.05) is 18.7 Å². The van der Waals surface area contributed by atoms with Gasteiger partial charge in [-0.05, 0) is 55.5 Å². The molecule has 4 unspecified atom stereocenters. The van der Waals surface area contributed by atoms with Crippen molar-refractivity contribution in [3.05, 3.63) is 69.4 Å². The van der Waals surface area contributed by atoms with E-state index in [1.807, 2.05) is 0 Å². The van der Waals surface area contributed by atoms with Crippen LogP contribution in [0.3, 0.4) is 0 Å². The summed E-state index contributed by atoms with van der Waals surface area (Å²) >= 11 is 0. The van der Waals surface area contributed by atoms with Gasteiger partial charge in [-0.1, -0.05) is 0 Å². The van der Waals surface area contributed by atoms with Crippen molar-refractivity contribution in [1.82, 2.24) is 20.5 Å². The lowest BCUT2D eigenvalue weighted by atomic mass is 9.89. The average molecular weight is 535 g/mol. The topological polar surface area (TPSA) is 111 Å². The maximum atomic E-state index is 13.6. The van der Waals surface area contributed by atoms with Gasteiger partial charge in [0.25, 0.3) is 11.5 Å². The summed E-state index contributed by atoms with van der Waals surface area (Å²) < 4.78 is 53.3. The number of nitrogens with one attached hydrogen (secondary N) is 3. The number of urea groups is 1. The molecule has 2 saturated heterocycles. The molecule has 1 saturated carbocycles. The SMILES string of the molecule is O=C1NC2CCC(OC[C@@H](NC(=O)c3cccn(Cc4cc(F)c(F)c(F)c4)c3=O)C3CCOC3)CC2N1. The van der Waals surface area contributed by atoms with Gasteiger partial charge in [0.2, 0.25) is 0 Å². The molecular formula is C26H29F3N4O5. The molecule has 5 rings (SSSR count). The molecule has 3 aliphatic rings. The van der Waals surface area contributed by atoms with Gasteiger partial charge in [-0.2, -0.15) is 0 Å². The molecule has 1 aromatic heterocycles. The van der Waals surface area contributed by atoms with Crippen LogP contribution in [0.2, 0.25) is 0 Å². The number of carbonyl (C=O) groups is 2. The van der Waals surface area contributed by atoms with Gasteiger partial charge in [0.15, 0.2) is 17.5 Å². The second-order valence-electron chi connectivity index (χ2n) is 10.0. The first kappa shape index (κ1) is 26.2. The van der Waals surface area contributed by atoms with Crippen molar-refractivity contribution in [2.75, 3.05) is 19.8 Å². The monoisotopic (exact) mass is 534 g/mol. The zero-order valence-electron chi connectivity index (χ0n) is 20.6. The lowest BCUT2D eigenvalue weighted by Gasteiger charge is -2.32. The summed E-state index contributed by atoms with van der Waals surface area (Å²) in [5.41, 5.74) is -0.751. The third-order valence-corrected chi connectivity index (χ3v) is 7.46. The molecule has 3 heterocycles. The summed E-state index contributed by atoms with van der Waals surface area (Å²) in [6, 6.07) is 4.01. The van der Waals surface area contributed by atoms with E-state index in [2.05, 4.69) is 16.0 Å². The van der Waals surface area contributed by atoms with Gasteiger partial charge in [-0.25, -0.2) is 18.0 Å². The molecule has 3 N–H and O–H groups in total. The first-order valence-corrected chi connectivity index (χ1v) is 12.7. The molecule has 3 amide bonds. The van der Waals surface area contributed by atoms with Crippen molar-refractivity contribution >= 4 is 11.9 Å². The minimum absolute atomic E-state index is 0.000701. The highest BCUT2D eigenvalue weighted by Gasteiger charge is 2.38. The number of rotatable bonds is 8. The van der Waals surface area contributed by atoms with Crippen molar-refractivity contribution in [3.63, 3.8) is 0 Å². The number of hydrogen-bond acceptors (Lipinski definition) is 5. The Morgan fingerprint density at radius 2 is 1.89 bits per heavy atom. The molecule has 9 nitrogen and oxygen atoms in total. The molecule has 1 aliphatic carbocycles. The van der Waals surface area contributed by atoms with Crippen molar-refractivity contribution in [3.8, 4) is 0 Å². The van der Waals surface area contributed by atoms with E-state index in [4.69, 9.17) is 9.47 Å². The Morgan fingerprint density at radius 1 is 1.13 bits per heavy atom. The van der Waals surface area contributed by atoms with Crippen molar-refractivity contribution in [1.29, 1.82) is 0 Å². The number of halogens is 3. The molecule has 5 atom stereocenters. The Balaban J connectivity index is 1.26. The highest BCUT2D eigenvalue weighted by molar-refractivity contribution is 5.94. The number of hydrogen-bond donors (Lipinski definition) is 3. The third kappa shape index (κ3) is 5.70. The molecule has 38 heavy (non-hydrogen) atoms. The maximum Gasteiger partial charge on any atom is 0.315 e. The summed E-state index contributed by atoms with van der Waals surface area (Å²) in [6.07, 6.45) is 4.27. The Morgan fingerprint density at radius 3 is 2.63 bits per heavy atom. The first-order chi connectivity index (χ1) is 18.3. The molecule has 204 valence electrons. The van der Waals surface area contributed by atoms with Crippen LogP contribution in [0, 0.1) is 23.4 Å². The summed E-state index contributed by atoms with van der Waals surface area (Å²) in [5, 5.41) is 8.72. The summed E-state index contributed by atoms with van der Waals surface area (Å²) in [7, 11) is 0. The Hall–Kier alpha value is -3.38. The largest absolute Gasteiger partial charge is 0.381 e. The highest BCUT2D eigenvalue weighted by Crippen LogP contribution is 2.26. The normalized spacial score (nSPS) is 25.4. The fourth-order valence-electron chi connectivity index (χ4n) is 5.38. The second-order valence-corrected chi connectivity index (χ2v) is 10.0.